The number of benzene rings is 3. The Hall–Kier alpha value is -2.79. The van der Waals surface area contributed by atoms with Crippen LogP contribution in [-0.4, -0.2) is 13.4 Å². The van der Waals surface area contributed by atoms with Crippen molar-refractivity contribution < 1.29 is 8.42 Å². The van der Waals surface area contributed by atoms with E-state index in [1.165, 1.54) is 0 Å². The predicted molar refractivity (Wildman–Crippen MR) is 93.1 cm³/mol. The van der Waals surface area contributed by atoms with Crippen LogP contribution in [0.1, 0.15) is 0 Å². The molecule has 0 saturated carbocycles. The molecule has 1 aromatic heterocycles. The van der Waals surface area contributed by atoms with Crippen LogP contribution in [-0.2, 0) is 10.0 Å². The third-order valence-electron chi connectivity index (χ3n) is 3.84. The molecule has 114 valence electrons. The van der Waals surface area contributed by atoms with Gasteiger partial charge in [0.1, 0.15) is 0 Å². The minimum Gasteiger partial charge on any atom is -0.361 e. The summed E-state index contributed by atoms with van der Waals surface area (Å²) >= 11 is 0. The Morgan fingerprint density at radius 3 is 2.57 bits per heavy atom. The third kappa shape index (κ3) is 2.45. The summed E-state index contributed by atoms with van der Waals surface area (Å²) in [5, 5.41) is 2.57. The number of hydrogen-bond acceptors (Lipinski definition) is 2. The Morgan fingerprint density at radius 2 is 1.65 bits per heavy atom. The topological polar surface area (TPSA) is 62.0 Å². The molecule has 0 aliphatic carbocycles. The summed E-state index contributed by atoms with van der Waals surface area (Å²) in [6.07, 6.45) is 1.83. The van der Waals surface area contributed by atoms with Gasteiger partial charge in [0.05, 0.1) is 4.90 Å². The van der Waals surface area contributed by atoms with Crippen molar-refractivity contribution in [3.05, 3.63) is 72.9 Å². The summed E-state index contributed by atoms with van der Waals surface area (Å²) in [6.45, 7) is 0. The fraction of sp³-hybridized carbons (Fsp3) is 0. The minimum absolute atomic E-state index is 0.282. The van der Waals surface area contributed by atoms with Gasteiger partial charge in [0.2, 0.25) is 0 Å². The quantitative estimate of drug-likeness (QED) is 0.596. The molecule has 1 heterocycles. The van der Waals surface area contributed by atoms with E-state index in [2.05, 4.69) is 9.71 Å². The van der Waals surface area contributed by atoms with Gasteiger partial charge in [-0.25, -0.2) is 8.42 Å². The van der Waals surface area contributed by atoms with Gasteiger partial charge in [-0.1, -0.05) is 36.4 Å². The zero-order valence-corrected chi connectivity index (χ0v) is 13.0. The maximum atomic E-state index is 12.8. The van der Waals surface area contributed by atoms with Gasteiger partial charge in [0.25, 0.3) is 10.0 Å². The molecule has 5 heteroatoms. The number of hydrogen-bond donors (Lipinski definition) is 2. The number of H-pyrrole nitrogens is 1. The summed E-state index contributed by atoms with van der Waals surface area (Å²) in [5.41, 5.74) is 1.52. The number of sulfonamides is 1. The van der Waals surface area contributed by atoms with Crippen molar-refractivity contribution in [1.82, 2.24) is 4.98 Å². The predicted octanol–water partition coefficient (Wildman–Crippen LogP) is 4.12. The largest absolute Gasteiger partial charge is 0.361 e. The van der Waals surface area contributed by atoms with E-state index in [1.807, 2.05) is 54.7 Å². The van der Waals surface area contributed by atoms with Crippen molar-refractivity contribution >= 4 is 37.4 Å². The Kier molecular flexibility index (Phi) is 3.09. The number of rotatable bonds is 3. The molecule has 0 bridgehead atoms. The summed E-state index contributed by atoms with van der Waals surface area (Å²) in [6, 6.07) is 20.1. The highest BCUT2D eigenvalue weighted by atomic mass is 32.2. The highest BCUT2D eigenvalue weighted by Gasteiger charge is 2.17. The Morgan fingerprint density at radius 1 is 0.826 bits per heavy atom. The molecular weight excluding hydrogens is 308 g/mol. The maximum absolute atomic E-state index is 12.8. The SMILES string of the molecule is O=S(=O)(Nc1ccc2[nH]ccc2c1)c1cccc2ccccc12. The number of fused-ring (bicyclic) bond motifs is 2. The molecule has 4 nitrogen and oxygen atoms in total. The molecule has 0 saturated heterocycles. The first-order chi connectivity index (χ1) is 11.1. The van der Waals surface area contributed by atoms with Crippen molar-refractivity contribution in [2.75, 3.05) is 4.72 Å². The second-order valence-electron chi connectivity index (χ2n) is 5.36. The molecule has 4 aromatic rings. The molecule has 23 heavy (non-hydrogen) atoms. The van der Waals surface area contributed by atoms with Crippen LogP contribution in [0.25, 0.3) is 21.7 Å². The molecule has 0 aliphatic heterocycles. The average molecular weight is 322 g/mol. The Labute approximate surface area is 133 Å². The summed E-state index contributed by atoms with van der Waals surface area (Å²) in [5.74, 6) is 0. The highest BCUT2D eigenvalue weighted by Crippen LogP contribution is 2.26. The van der Waals surface area contributed by atoms with E-state index < -0.39 is 10.0 Å². The fourth-order valence-electron chi connectivity index (χ4n) is 2.76. The van der Waals surface area contributed by atoms with Crippen molar-refractivity contribution in [3.8, 4) is 0 Å². The lowest BCUT2D eigenvalue weighted by Gasteiger charge is -2.10. The van der Waals surface area contributed by atoms with Crippen LogP contribution in [0.2, 0.25) is 0 Å². The summed E-state index contributed by atoms with van der Waals surface area (Å²) in [7, 11) is -3.65. The standard InChI is InChI=1S/C18H14N2O2S/c21-23(22,18-7-3-5-13-4-1-2-6-16(13)18)20-15-8-9-17-14(12-15)10-11-19-17/h1-12,19-20H. The zero-order valence-electron chi connectivity index (χ0n) is 12.2. The van der Waals surface area contributed by atoms with E-state index in [4.69, 9.17) is 0 Å². The number of aromatic nitrogens is 1. The molecule has 0 spiro atoms. The van der Waals surface area contributed by atoms with Crippen LogP contribution in [0.15, 0.2) is 77.8 Å². The van der Waals surface area contributed by atoms with Crippen LogP contribution >= 0.6 is 0 Å². The van der Waals surface area contributed by atoms with Crippen LogP contribution in [0, 0.1) is 0 Å². The number of nitrogens with one attached hydrogen (secondary N) is 2. The molecule has 0 radical (unpaired) electrons. The van der Waals surface area contributed by atoms with Gasteiger partial charge in [-0.15, -0.1) is 0 Å². The molecular formula is C18H14N2O2S. The van der Waals surface area contributed by atoms with Gasteiger partial charge in [0.15, 0.2) is 0 Å². The maximum Gasteiger partial charge on any atom is 0.262 e. The smallest absolute Gasteiger partial charge is 0.262 e. The molecule has 0 amide bonds. The van der Waals surface area contributed by atoms with Gasteiger partial charge < -0.3 is 4.98 Å². The highest BCUT2D eigenvalue weighted by molar-refractivity contribution is 7.93. The number of aromatic amines is 1. The first-order valence-corrected chi connectivity index (χ1v) is 8.69. The van der Waals surface area contributed by atoms with Crippen molar-refractivity contribution in [2.24, 2.45) is 0 Å². The monoisotopic (exact) mass is 322 g/mol. The minimum atomic E-state index is -3.65. The Balaban J connectivity index is 1.80. The van der Waals surface area contributed by atoms with Crippen LogP contribution in [0.5, 0.6) is 0 Å². The van der Waals surface area contributed by atoms with Gasteiger partial charge in [0, 0.05) is 28.2 Å². The van der Waals surface area contributed by atoms with Crippen LogP contribution in [0.3, 0.4) is 0 Å². The molecule has 2 N–H and O–H groups in total. The van der Waals surface area contributed by atoms with Gasteiger partial charge in [-0.2, -0.15) is 0 Å². The second kappa shape index (κ2) is 5.14. The van der Waals surface area contributed by atoms with E-state index in [1.54, 1.807) is 18.2 Å². The van der Waals surface area contributed by atoms with E-state index in [9.17, 15) is 8.42 Å². The van der Waals surface area contributed by atoms with Crippen molar-refractivity contribution in [1.29, 1.82) is 0 Å². The summed E-state index contributed by atoms with van der Waals surface area (Å²) < 4.78 is 28.2. The van der Waals surface area contributed by atoms with Crippen molar-refractivity contribution in [2.45, 2.75) is 4.90 Å². The molecule has 0 atom stereocenters. The lowest BCUT2D eigenvalue weighted by Crippen LogP contribution is -2.13. The second-order valence-corrected chi connectivity index (χ2v) is 7.01. The van der Waals surface area contributed by atoms with E-state index in [0.29, 0.717) is 11.1 Å². The van der Waals surface area contributed by atoms with E-state index >= 15 is 0 Å². The van der Waals surface area contributed by atoms with E-state index in [0.717, 1.165) is 16.3 Å². The van der Waals surface area contributed by atoms with Crippen LogP contribution in [0.4, 0.5) is 5.69 Å². The van der Waals surface area contributed by atoms with Gasteiger partial charge in [-0.3, -0.25) is 4.72 Å². The lowest BCUT2D eigenvalue weighted by molar-refractivity contribution is 0.602. The Bertz CT molecular complexity index is 1110. The molecule has 0 unspecified atom stereocenters. The zero-order chi connectivity index (χ0) is 15.9. The summed E-state index contributed by atoms with van der Waals surface area (Å²) in [4.78, 5) is 3.37. The lowest BCUT2D eigenvalue weighted by atomic mass is 10.1. The average Bonchev–Trinajstić information content (AvgIpc) is 3.01. The van der Waals surface area contributed by atoms with Crippen molar-refractivity contribution in [3.63, 3.8) is 0 Å². The first-order valence-electron chi connectivity index (χ1n) is 7.21. The van der Waals surface area contributed by atoms with Gasteiger partial charge in [-0.05, 0) is 35.7 Å². The third-order valence-corrected chi connectivity index (χ3v) is 5.28. The fourth-order valence-corrected chi connectivity index (χ4v) is 4.04. The number of anilines is 1. The normalized spacial score (nSPS) is 11.8. The molecule has 3 aromatic carbocycles. The van der Waals surface area contributed by atoms with E-state index in [-0.39, 0.29) is 4.90 Å². The first kappa shape index (κ1) is 13.8. The molecule has 0 fully saturated rings. The molecule has 4 rings (SSSR count). The van der Waals surface area contributed by atoms with Gasteiger partial charge >= 0.3 is 0 Å². The van der Waals surface area contributed by atoms with Crippen LogP contribution < -0.4 is 4.72 Å². The molecule has 0 aliphatic rings.